The Hall–Kier alpha value is -2.06. The molecule has 2 rings (SSSR count). The van der Waals surface area contributed by atoms with E-state index in [1.165, 1.54) is 18.6 Å². The van der Waals surface area contributed by atoms with Gasteiger partial charge in [0.05, 0.1) is 6.26 Å². The number of hydrogen-bond donors (Lipinski definition) is 0. The van der Waals surface area contributed by atoms with Gasteiger partial charge in [-0.3, -0.25) is 10.1 Å². The number of nitro groups is 1. The molecule has 9 nitrogen and oxygen atoms in total. The maximum Gasteiger partial charge on any atom is 1.00 e. The van der Waals surface area contributed by atoms with Crippen molar-refractivity contribution in [1.82, 2.24) is 0 Å². The standard InChI is InChI=1S/C7H7NO5S.C7H8O3S.C4H9.CH4.Li/c9-8(10)6-14(11,12)13-7-4-2-1-3-5-7;1-11(8,9)10-7-5-3-2-4-6-7;1-3-4-2;;/h1-5H,6H2;2-6H,1H3;1,3-4H2,2H3;1H4;/q;;-1;;+1. The molecule has 0 fully saturated rings. The van der Waals surface area contributed by atoms with E-state index in [9.17, 15) is 26.9 Å². The number of unbranched alkanes of at least 4 members (excludes halogenated alkanes) is 1. The van der Waals surface area contributed by atoms with Gasteiger partial charge in [0.1, 0.15) is 11.5 Å². The van der Waals surface area contributed by atoms with Gasteiger partial charge in [-0.25, -0.2) is 0 Å². The molecule has 0 heterocycles. The molecule has 0 aliphatic heterocycles. The summed E-state index contributed by atoms with van der Waals surface area (Å²) in [5, 5.41) is 9.95. The van der Waals surface area contributed by atoms with E-state index in [0.29, 0.717) is 5.75 Å². The molecule has 170 valence electrons. The largest absolute Gasteiger partial charge is 1.00 e. The molecule has 0 saturated carbocycles. The van der Waals surface area contributed by atoms with Gasteiger partial charge in [-0.15, -0.1) is 0 Å². The number of para-hydroxylation sites is 2. The minimum absolute atomic E-state index is 0. The third kappa shape index (κ3) is 21.0. The zero-order chi connectivity index (χ0) is 22.3. The van der Waals surface area contributed by atoms with Crippen LogP contribution < -0.4 is 27.2 Å². The van der Waals surface area contributed by atoms with Crippen molar-refractivity contribution in [2.75, 3.05) is 12.1 Å². The second-order valence-corrected chi connectivity index (χ2v) is 8.49. The van der Waals surface area contributed by atoms with E-state index in [1.807, 2.05) is 0 Å². The molecule has 0 N–H and O–H groups in total. The molecule has 12 heteroatoms. The van der Waals surface area contributed by atoms with Crippen molar-refractivity contribution in [3.05, 3.63) is 77.7 Å². The van der Waals surface area contributed by atoms with E-state index in [4.69, 9.17) is 0 Å². The molecule has 2 aromatic rings. The normalized spacial score (nSPS) is 9.77. The Kier molecular flexibility index (Phi) is 19.1. The van der Waals surface area contributed by atoms with Gasteiger partial charge in [-0.2, -0.15) is 23.3 Å². The number of nitrogens with zero attached hydrogens (tertiary/aromatic N) is 1. The maximum absolute atomic E-state index is 10.9. The van der Waals surface area contributed by atoms with Crippen molar-refractivity contribution in [1.29, 1.82) is 0 Å². The predicted molar refractivity (Wildman–Crippen MR) is 117 cm³/mol. The average molecular weight is 470 g/mol. The Balaban J connectivity index is -0.000000416. The van der Waals surface area contributed by atoms with Gasteiger partial charge >= 0.3 is 45.0 Å². The molecule has 0 unspecified atom stereocenters. The number of benzene rings is 2. The summed E-state index contributed by atoms with van der Waals surface area (Å²) in [6, 6.07) is 16.0. The summed E-state index contributed by atoms with van der Waals surface area (Å²) in [4.78, 5) is 8.99. The van der Waals surface area contributed by atoms with Crippen LogP contribution in [-0.4, -0.2) is 33.9 Å². The fourth-order valence-electron chi connectivity index (χ4n) is 1.43. The van der Waals surface area contributed by atoms with E-state index in [1.54, 1.807) is 48.5 Å². The second kappa shape index (κ2) is 17.6. The molecule has 0 radical (unpaired) electrons. The smallest absolute Gasteiger partial charge is 0.383 e. The summed E-state index contributed by atoms with van der Waals surface area (Å²) in [5.74, 6) is -0.827. The molecule has 0 spiro atoms. The molecule has 0 aliphatic carbocycles. The molecular weight excluding hydrogens is 441 g/mol. The topological polar surface area (TPSA) is 130 Å². The van der Waals surface area contributed by atoms with E-state index in [-0.39, 0.29) is 32.0 Å². The minimum Gasteiger partial charge on any atom is -0.383 e. The van der Waals surface area contributed by atoms with Crippen LogP contribution in [0.15, 0.2) is 60.7 Å². The maximum atomic E-state index is 10.9. The Morgan fingerprint density at radius 2 is 1.26 bits per heavy atom. The van der Waals surface area contributed by atoms with Crippen LogP contribution in [-0.2, 0) is 20.2 Å². The van der Waals surface area contributed by atoms with Crippen molar-refractivity contribution in [3.63, 3.8) is 0 Å². The summed E-state index contributed by atoms with van der Waals surface area (Å²) in [6.07, 6.45) is 3.29. The van der Waals surface area contributed by atoms with Crippen LogP contribution >= 0.6 is 0 Å². The van der Waals surface area contributed by atoms with Gasteiger partial charge < -0.3 is 15.3 Å². The van der Waals surface area contributed by atoms with Crippen molar-refractivity contribution in [2.45, 2.75) is 27.2 Å². The van der Waals surface area contributed by atoms with Crippen LogP contribution in [0, 0.1) is 17.0 Å². The van der Waals surface area contributed by atoms with Crippen LogP contribution in [0.5, 0.6) is 11.5 Å². The first-order valence-electron chi connectivity index (χ1n) is 8.32. The van der Waals surface area contributed by atoms with E-state index < -0.39 is 31.0 Å². The van der Waals surface area contributed by atoms with Crippen molar-refractivity contribution < 1.29 is 49.0 Å². The fraction of sp³-hybridized carbons (Fsp3) is 0.316. The summed E-state index contributed by atoms with van der Waals surface area (Å²) in [7, 11) is -7.51. The Morgan fingerprint density at radius 3 is 1.55 bits per heavy atom. The van der Waals surface area contributed by atoms with E-state index >= 15 is 0 Å². The molecule has 0 amide bonds. The van der Waals surface area contributed by atoms with Crippen molar-refractivity contribution >= 4 is 20.2 Å². The van der Waals surface area contributed by atoms with Gasteiger partial charge in [0.25, 0.3) is 0 Å². The Bertz CT molecular complexity index is 920. The summed E-state index contributed by atoms with van der Waals surface area (Å²) >= 11 is 0. The average Bonchev–Trinajstić information content (AvgIpc) is 2.61. The predicted octanol–water partition coefficient (Wildman–Crippen LogP) is 0.915. The third-order valence-electron chi connectivity index (χ3n) is 2.57. The van der Waals surface area contributed by atoms with E-state index in [0.717, 1.165) is 12.7 Å². The Morgan fingerprint density at radius 1 is 0.903 bits per heavy atom. The van der Waals surface area contributed by atoms with Crippen LogP contribution in [0.3, 0.4) is 0 Å². The van der Waals surface area contributed by atoms with E-state index in [2.05, 4.69) is 22.2 Å². The Labute approximate surface area is 197 Å². The van der Waals surface area contributed by atoms with Gasteiger partial charge in [-0.05, 0) is 24.3 Å². The molecule has 0 aliphatic rings. The molecule has 0 saturated heterocycles. The monoisotopic (exact) mass is 469 g/mol. The molecule has 0 bridgehead atoms. The summed E-state index contributed by atoms with van der Waals surface area (Å²) in [6.45, 7) is 5.72. The first kappa shape index (κ1) is 33.6. The van der Waals surface area contributed by atoms with Crippen molar-refractivity contribution in [3.8, 4) is 11.5 Å². The van der Waals surface area contributed by atoms with Crippen LogP contribution in [0.4, 0.5) is 0 Å². The van der Waals surface area contributed by atoms with Gasteiger partial charge in [0, 0.05) is 4.92 Å². The molecule has 31 heavy (non-hydrogen) atoms. The van der Waals surface area contributed by atoms with Gasteiger partial charge in [0.15, 0.2) is 0 Å². The zero-order valence-electron chi connectivity index (χ0n) is 17.1. The molecule has 2 aromatic carbocycles. The first-order valence-corrected chi connectivity index (χ1v) is 11.7. The fourth-order valence-corrected chi connectivity index (χ4v) is 2.60. The third-order valence-corrected chi connectivity index (χ3v) is 4.04. The zero-order valence-corrected chi connectivity index (χ0v) is 18.8. The van der Waals surface area contributed by atoms with Gasteiger partial charge in [-0.1, -0.05) is 57.2 Å². The van der Waals surface area contributed by atoms with Crippen LogP contribution in [0.2, 0.25) is 0 Å². The van der Waals surface area contributed by atoms with Crippen LogP contribution in [0.1, 0.15) is 27.2 Å². The van der Waals surface area contributed by atoms with Gasteiger partial charge in [0.2, 0.25) is 0 Å². The quantitative estimate of drug-likeness (QED) is 0.192. The number of rotatable bonds is 7. The second-order valence-electron chi connectivity index (χ2n) is 5.37. The van der Waals surface area contributed by atoms with Crippen molar-refractivity contribution in [2.24, 2.45) is 0 Å². The SMILES string of the molecule is C.CS(=O)(=O)Oc1ccccc1.O=[N+]([O-])CS(=O)(=O)Oc1ccccc1.[CH2-]CCC.[Li+]. The first-order chi connectivity index (χ1) is 13.5. The summed E-state index contributed by atoms with van der Waals surface area (Å²) < 4.78 is 52.1. The number of hydrogen-bond acceptors (Lipinski definition) is 8. The molecule has 0 aromatic heterocycles. The summed E-state index contributed by atoms with van der Waals surface area (Å²) in [5.41, 5.74) is 0. The van der Waals surface area contributed by atoms with Crippen LogP contribution in [0.25, 0.3) is 0 Å². The minimum atomic E-state index is -4.13. The molecule has 0 atom stereocenters. The molecular formula is C19H28LiNO8S2.